The molecule has 1 aromatic carbocycles. The lowest BCUT2D eigenvalue weighted by Crippen LogP contribution is -2.29. The zero-order chi connectivity index (χ0) is 14.3. The molecule has 0 bridgehead atoms. The second-order valence-corrected chi connectivity index (χ2v) is 5.88. The van der Waals surface area contributed by atoms with Crippen molar-refractivity contribution >= 4 is 11.8 Å². The molecule has 0 aliphatic rings. The lowest BCUT2D eigenvalue weighted by atomic mass is 10.1. The van der Waals surface area contributed by atoms with E-state index < -0.39 is 0 Å². The monoisotopic (exact) mass is 282 g/mol. The first-order valence-corrected chi connectivity index (χ1v) is 8.06. The van der Waals surface area contributed by atoms with Crippen LogP contribution in [0.1, 0.15) is 24.5 Å². The molecule has 0 spiro atoms. The molecule has 3 nitrogen and oxygen atoms in total. The summed E-state index contributed by atoms with van der Waals surface area (Å²) in [7, 11) is 3.87. The minimum absolute atomic E-state index is 0.517. The van der Waals surface area contributed by atoms with E-state index in [1.54, 1.807) is 7.11 Å². The Labute approximate surface area is 121 Å². The third kappa shape index (κ3) is 5.05. The van der Waals surface area contributed by atoms with Gasteiger partial charge in [-0.15, -0.1) is 0 Å². The van der Waals surface area contributed by atoms with Crippen LogP contribution in [0.15, 0.2) is 18.2 Å². The van der Waals surface area contributed by atoms with Gasteiger partial charge in [0.15, 0.2) is 0 Å². The maximum absolute atomic E-state index is 5.69. The highest BCUT2D eigenvalue weighted by Crippen LogP contribution is 2.21. The first-order chi connectivity index (χ1) is 9.12. The van der Waals surface area contributed by atoms with Crippen LogP contribution in [0.4, 0.5) is 0 Å². The Balaban J connectivity index is 2.66. The van der Waals surface area contributed by atoms with E-state index in [1.165, 1.54) is 17.7 Å². The van der Waals surface area contributed by atoms with E-state index in [4.69, 9.17) is 10.5 Å². The van der Waals surface area contributed by atoms with Gasteiger partial charge in [0.05, 0.1) is 7.11 Å². The smallest absolute Gasteiger partial charge is 0.123 e. The van der Waals surface area contributed by atoms with Crippen molar-refractivity contribution in [1.82, 2.24) is 4.90 Å². The summed E-state index contributed by atoms with van der Waals surface area (Å²) in [4.78, 5) is 2.38. The van der Waals surface area contributed by atoms with Crippen LogP contribution in [0.2, 0.25) is 0 Å². The minimum Gasteiger partial charge on any atom is -0.496 e. The number of hydrogen-bond donors (Lipinski definition) is 1. The highest BCUT2D eigenvalue weighted by atomic mass is 32.2. The third-order valence-electron chi connectivity index (χ3n) is 3.50. The maximum atomic E-state index is 5.69. The summed E-state index contributed by atoms with van der Waals surface area (Å²) in [6, 6.07) is 6.89. The van der Waals surface area contributed by atoms with Crippen molar-refractivity contribution in [2.24, 2.45) is 5.73 Å². The van der Waals surface area contributed by atoms with E-state index in [9.17, 15) is 0 Å². The molecule has 0 radical (unpaired) electrons. The Morgan fingerprint density at radius 1 is 1.42 bits per heavy atom. The summed E-state index contributed by atoms with van der Waals surface area (Å²) in [5.41, 5.74) is 8.02. The molecule has 2 N–H and O–H groups in total. The van der Waals surface area contributed by atoms with Crippen molar-refractivity contribution in [1.29, 1.82) is 0 Å². The average molecular weight is 282 g/mol. The summed E-state index contributed by atoms with van der Waals surface area (Å²) in [5, 5.41) is 0. The topological polar surface area (TPSA) is 38.5 Å². The van der Waals surface area contributed by atoms with Gasteiger partial charge in [0, 0.05) is 24.7 Å². The van der Waals surface area contributed by atoms with Crippen LogP contribution in [0.3, 0.4) is 0 Å². The highest BCUT2D eigenvalue weighted by Gasteiger charge is 2.10. The van der Waals surface area contributed by atoms with Crippen LogP contribution in [-0.4, -0.2) is 37.1 Å². The summed E-state index contributed by atoms with van der Waals surface area (Å²) in [6.45, 7) is 3.74. The lowest BCUT2D eigenvalue weighted by Gasteiger charge is -2.25. The molecule has 108 valence electrons. The molecule has 1 rings (SSSR count). The fraction of sp³-hybridized carbons (Fsp3) is 0.600. The Morgan fingerprint density at radius 2 is 2.16 bits per heavy atom. The highest BCUT2D eigenvalue weighted by molar-refractivity contribution is 7.98. The van der Waals surface area contributed by atoms with Crippen LogP contribution in [0.25, 0.3) is 0 Å². The van der Waals surface area contributed by atoms with Crippen LogP contribution in [0.5, 0.6) is 5.75 Å². The van der Waals surface area contributed by atoms with Gasteiger partial charge in [-0.2, -0.15) is 11.8 Å². The van der Waals surface area contributed by atoms with Crippen LogP contribution >= 0.6 is 11.8 Å². The van der Waals surface area contributed by atoms with E-state index in [0.29, 0.717) is 12.6 Å². The fourth-order valence-electron chi connectivity index (χ4n) is 2.01. The van der Waals surface area contributed by atoms with Gasteiger partial charge < -0.3 is 10.5 Å². The summed E-state index contributed by atoms with van der Waals surface area (Å²) >= 11 is 1.90. The summed E-state index contributed by atoms with van der Waals surface area (Å²) in [5.74, 6) is 2.10. The number of methoxy groups -OCH3 is 1. The van der Waals surface area contributed by atoms with E-state index in [1.807, 2.05) is 11.8 Å². The second-order valence-electron chi connectivity index (χ2n) is 4.90. The first kappa shape index (κ1) is 16.3. The van der Waals surface area contributed by atoms with E-state index in [2.05, 4.69) is 43.3 Å². The molecule has 0 aliphatic carbocycles. The standard InChI is InChI=1S/C15H26N2OS/c1-12(7-8-19-4)17(2)11-13-5-6-14(10-16)15(9-13)18-3/h5-6,9,12H,7-8,10-11,16H2,1-4H3. The molecule has 0 aliphatic heterocycles. The van der Waals surface area contributed by atoms with Crippen LogP contribution in [0, 0.1) is 0 Å². The van der Waals surface area contributed by atoms with E-state index in [-0.39, 0.29) is 0 Å². The van der Waals surface area contributed by atoms with Gasteiger partial charge in [-0.3, -0.25) is 4.90 Å². The molecule has 1 aromatic rings. The Bertz CT molecular complexity index is 384. The number of nitrogens with two attached hydrogens (primary N) is 1. The molecule has 4 heteroatoms. The van der Waals surface area contributed by atoms with Crippen LogP contribution in [-0.2, 0) is 13.1 Å². The number of rotatable bonds is 8. The molecule has 19 heavy (non-hydrogen) atoms. The van der Waals surface area contributed by atoms with Crippen molar-refractivity contribution in [3.05, 3.63) is 29.3 Å². The molecule has 1 unspecified atom stereocenters. The number of thioether (sulfide) groups is 1. The second kappa shape index (κ2) is 8.46. The van der Waals surface area contributed by atoms with Gasteiger partial charge in [-0.1, -0.05) is 12.1 Å². The predicted octanol–water partition coefficient (Wildman–Crippen LogP) is 2.73. The average Bonchev–Trinajstić information content (AvgIpc) is 2.44. The molecular weight excluding hydrogens is 256 g/mol. The lowest BCUT2D eigenvalue weighted by molar-refractivity contribution is 0.244. The zero-order valence-corrected chi connectivity index (χ0v) is 13.3. The minimum atomic E-state index is 0.517. The largest absolute Gasteiger partial charge is 0.496 e. The van der Waals surface area contributed by atoms with Gasteiger partial charge in [0.2, 0.25) is 0 Å². The molecule has 0 amide bonds. The van der Waals surface area contributed by atoms with Crippen molar-refractivity contribution in [2.45, 2.75) is 32.5 Å². The molecule has 0 aromatic heterocycles. The van der Waals surface area contributed by atoms with Crippen molar-refractivity contribution in [3.63, 3.8) is 0 Å². The SMILES string of the molecule is COc1cc(CN(C)C(C)CCSC)ccc1CN. The number of nitrogens with zero attached hydrogens (tertiary/aromatic N) is 1. The number of hydrogen-bond acceptors (Lipinski definition) is 4. The molecule has 1 atom stereocenters. The van der Waals surface area contributed by atoms with Crippen molar-refractivity contribution < 1.29 is 4.74 Å². The molecule has 0 saturated heterocycles. The van der Waals surface area contributed by atoms with E-state index in [0.717, 1.165) is 17.9 Å². The molecular formula is C15H26N2OS. The first-order valence-electron chi connectivity index (χ1n) is 6.67. The predicted molar refractivity (Wildman–Crippen MR) is 84.8 cm³/mol. The van der Waals surface area contributed by atoms with Gasteiger partial charge >= 0.3 is 0 Å². The van der Waals surface area contributed by atoms with Gasteiger partial charge in [0.1, 0.15) is 5.75 Å². The molecule has 0 heterocycles. The fourth-order valence-corrected chi connectivity index (χ4v) is 2.59. The summed E-state index contributed by atoms with van der Waals surface area (Å²) < 4.78 is 5.38. The maximum Gasteiger partial charge on any atom is 0.123 e. The Morgan fingerprint density at radius 3 is 2.74 bits per heavy atom. The van der Waals surface area contributed by atoms with Crippen molar-refractivity contribution in [2.75, 3.05) is 26.2 Å². The summed E-state index contributed by atoms with van der Waals surface area (Å²) in [6.07, 6.45) is 3.37. The van der Waals surface area contributed by atoms with Gasteiger partial charge in [0.25, 0.3) is 0 Å². The quantitative estimate of drug-likeness (QED) is 0.795. The van der Waals surface area contributed by atoms with Crippen LogP contribution < -0.4 is 10.5 Å². The Hall–Kier alpha value is -0.710. The molecule has 0 saturated carbocycles. The molecule has 0 fully saturated rings. The normalized spacial score (nSPS) is 12.7. The third-order valence-corrected chi connectivity index (χ3v) is 4.14. The number of ether oxygens (including phenoxy) is 1. The Kier molecular flexibility index (Phi) is 7.28. The number of benzene rings is 1. The zero-order valence-electron chi connectivity index (χ0n) is 12.5. The van der Waals surface area contributed by atoms with Crippen molar-refractivity contribution in [3.8, 4) is 5.75 Å². The van der Waals surface area contributed by atoms with E-state index >= 15 is 0 Å². The van der Waals surface area contributed by atoms with Gasteiger partial charge in [-0.25, -0.2) is 0 Å². The van der Waals surface area contributed by atoms with Gasteiger partial charge in [-0.05, 0) is 44.0 Å².